The van der Waals surface area contributed by atoms with E-state index in [0.29, 0.717) is 34.3 Å². The zero-order valence-electron chi connectivity index (χ0n) is 29.8. The van der Waals surface area contributed by atoms with Gasteiger partial charge in [-0.15, -0.1) is 0 Å². The van der Waals surface area contributed by atoms with Gasteiger partial charge in [-0.2, -0.15) is 0 Å². The first kappa shape index (κ1) is 37.7. The van der Waals surface area contributed by atoms with Crippen molar-refractivity contribution >= 4 is 45.3 Å². The van der Waals surface area contributed by atoms with Gasteiger partial charge >= 0.3 is 5.97 Å². The number of cyclic esters (lactones) is 1. The fraction of sp³-hybridized carbons (Fsp3) is 0.487. The molecule has 1 spiro atoms. The van der Waals surface area contributed by atoms with Crippen LogP contribution in [0.5, 0.6) is 5.75 Å². The van der Waals surface area contributed by atoms with Gasteiger partial charge in [-0.05, 0) is 54.7 Å². The summed E-state index contributed by atoms with van der Waals surface area (Å²) >= 11 is 3.61. The molecule has 4 aliphatic heterocycles. The number of ether oxygens (including phenoxy) is 4. The standard InChI is InChI=1S/C39H46BrN3O9/c1-23(2)19-26(21-44)43-35-37(47)42(25-14-16-27(50-4)17-15-25)18-10-6-9-13-30(45)41-29(22-49-3)33(24-11-7-5-8-12-24)51-38(48)31-32(36(43)46)39(35)20-28(40)34(31)52-39/h5-8,10-12,14-17,20,23,26,29,31-35,44H,9,13,18-19,21-22H2,1-4H3,(H,41,45)/b10-6-/t26-,29+,31-,32+,33+,34-,35-,39+/m1/s1. The normalized spacial score (nSPS) is 30.6. The van der Waals surface area contributed by atoms with Crippen molar-refractivity contribution in [2.75, 3.05) is 38.9 Å². The number of fused-ring (bicyclic) bond motifs is 2. The molecule has 278 valence electrons. The number of anilines is 1. The largest absolute Gasteiger partial charge is 0.497 e. The number of methoxy groups -OCH3 is 2. The molecule has 2 saturated heterocycles. The van der Waals surface area contributed by atoms with E-state index in [0.717, 1.165) is 0 Å². The van der Waals surface area contributed by atoms with Gasteiger partial charge in [0.1, 0.15) is 35.5 Å². The Balaban J connectivity index is 1.51. The van der Waals surface area contributed by atoms with Crippen LogP contribution in [0.15, 0.2) is 77.3 Å². The molecule has 0 aromatic heterocycles. The second-order valence-corrected chi connectivity index (χ2v) is 15.0. The number of hydrogen-bond donors (Lipinski definition) is 2. The summed E-state index contributed by atoms with van der Waals surface area (Å²) < 4.78 is 24.4. The second kappa shape index (κ2) is 15.9. The maximum Gasteiger partial charge on any atom is 0.313 e. The maximum absolute atomic E-state index is 15.2. The Hall–Kier alpha value is -4.04. The van der Waals surface area contributed by atoms with Crippen LogP contribution in [0.25, 0.3) is 0 Å². The van der Waals surface area contributed by atoms with E-state index >= 15 is 4.79 Å². The number of hydrogen-bond acceptors (Lipinski definition) is 9. The van der Waals surface area contributed by atoms with Crippen molar-refractivity contribution in [3.8, 4) is 5.75 Å². The van der Waals surface area contributed by atoms with Crippen molar-refractivity contribution in [1.29, 1.82) is 0 Å². The van der Waals surface area contributed by atoms with Gasteiger partial charge in [0.15, 0.2) is 0 Å². The van der Waals surface area contributed by atoms with E-state index in [2.05, 4.69) is 21.2 Å². The lowest BCUT2D eigenvalue weighted by Gasteiger charge is -2.39. The van der Waals surface area contributed by atoms with E-state index in [1.807, 2.05) is 44.2 Å². The van der Waals surface area contributed by atoms with Crippen molar-refractivity contribution in [2.45, 2.75) is 69.0 Å². The third-order valence-electron chi connectivity index (χ3n) is 10.3. The fourth-order valence-corrected chi connectivity index (χ4v) is 8.79. The van der Waals surface area contributed by atoms with Crippen molar-refractivity contribution < 1.29 is 43.2 Å². The van der Waals surface area contributed by atoms with Crippen molar-refractivity contribution in [1.82, 2.24) is 10.2 Å². The van der Waals surface area contributed by atoms with E-state index < -0.39 is 72.2 Å². The Bertz CT molecular complexity index is 1700. The number of rotatable bonds is 9. The van der Waals surface area contributed by atoms with Gasteiger partial charge in [0.05, 0.1) is 38.3 Å². The van der Waals surface area contributed by atoms with E-state index in [9.17, 15) is 19.5 Å². The third kappa shape index (κ3) is 7.03. The number of carbonyl (C=O) groups excluding carboxylic acids is 4. The van der Waals surface area contributed by atoms with Gasteiger partial charge in [0.25, 0.3) is 5.91 Å². The fourth-order valence-electron chi connectivity index (χ4n) is 8.06. The highest BCUT2D eigenvalue weighted by Gasteiger charge is 2.75. The van der Waals surface area contributed by atoms with Gasteiger partial charge in [-0.1, -0.05) is 72.3 Å². The average Bonchev–Trinajstić information content (AvgIpc) is 3.73. The minimum atomic E-state index is -1.55. The number of nitrogens with one attached hydrogen (secondary N) is 1. The second-order valence-electron chi connectivity index (χ2n) is 14.1. The summed E-state index contributed by atoms with van der Waals surface area (Å²) in [5, 5.41) is 13.8. The molecule has 8 atom stereocenters. The number of aliphatic hydroxyl groups excluding tert-OH is 1. The van der Waals surface area contributed by atoms with Crippen LogP contribution in [-0.2, 0) is 33.4 Å². The summed E-state index contributed by atoms with van der Waals surface area (Å²) in [6, 6.07) is 13.3. The molecule has 2 fully saturated rings. The van der Waals surface area contributed by atoms with Gasteiger partial charge in [0, 0.05) is 30.2 Å². The maximum atomic E-state index is 15.2. The van der Waals surface area contributed by atoms with Crippen LogP contribution in [0.3, 0.4) is 0 Å². The first-order valence-corrected chi connectivity index (χ1v) is 18.5. The number of halogens is 1. The predicted molar refractivity (Wildman–Crippen MR) is 195 cm³/mol. The quantitative estimate of drug-likeness (QED) is 0.285. The van der Waals surface area contributed by atoms with Gasteiger partial charge in [-0.25, -0.2) is 0 Å². The lowest BCUT2D eigenvalue weighted by Crippen LogP contribution is -2.59. The summed E-state index contributed by atoms with van der Waals surface area (Å²) in [7, 11) is 3.06. The Labute approximate surface area is 312 Å². The number of aliphatic hydroxyl groups is 1. The Kier molecular flexibility index (Phi) is 11.5. The monoisotopic (exact) mass is 779 g/mol. The molecule has 0 saturated carbocycles. The molecule has 0 aliphatic carbocycles. The Morgan fingerprint density at radius 3 is 2.38 bits per heavy atom. The molecule has 0 radical (unpaired) electrons. The molecular weight excluding hydrogens is 734 g/mol. The zero-order chi connectivity index (χ0) is 37.2. The van der Waals surface area contributed by atoms with Crippen LogP contribution in [0.4, 0.5) is 5.69 Å². The summed E-state index contributed by atoms with van der Waals surface area (Å²) in [4.78, 5) is 61.0. The molecule has 0 unspecified atom stereocenters. The summed E-state index contributed by atoms with van der Waals surface area (Å²) in [6.07, 6.45) is 4.44. The average molecular weight is 781 g/mol. The Morgan fingerprint density at radius 2 is 1.73 bits per heavy atom. The van der Waals surface area contributed by atoms with Gasteiger partial charge < -0.3 is 39.2 Å². The highest BCUT2D eigenvalue weighted by molar-refractivity contribution is 9.11. The van der Waals surface area contributed by atoms with Gasteiger partial charge in [-0.3, -0.25) is 19.2 Å². The van der Waals surface area contributed by atoms with Crippen LogP contribution >= 0.6 is 15.9 Å². The van der Waals surface area contributed by atoms with Crippen molar-refractivity contribution in [3.05, 3.63) is 82.9 Å². The number of allylic oxidation sites excluding steroid dienone is 1. The predicted octanol–water partition coefficient (Wildman–Crippen LogP) is 4.07. The molecule has 13 heteroatoms. The summed E-state index contributed by atoms with van der Waals surface area (Å²) in [5.41, 5.74) is -0.372. The molecule has 2 aromatic rings. The first-order valence-electron chi connectivity index (χ1n) is 17.7. The molecule has 4 aliphatic rings. The summed E-state index contributed by atoms with van der Waals surface area (Å²) in [6.45, 7) is 3.73. The lowest BCUT2D eigenvalue weighted by atomic mass is 9.74. The van der Waals surface area contributed by atoms with E-state index in [-0.39, 0.29) is 31.4 Å². The SMILES string of the molecule is COC[C@@H]1NC(=O)CC/C=C\CN(c2ccc(OC)cc2)C(=O)[C@H]2N([C@@H](CO)CC(C)C)C(=O)[C@@H]3[C@@H](C(=O)O[C@H]1c1ccccc1)[C@@H]1O[C@@]32C=C1Br. The zero-order valence-corrected chi connectivity index (χ0v) is 31.4. The molecule has 12 nitrogen and oxygen atoms in total. The minimum absolute atomic E-state index is 0.0451. The summed E-state index contributed by atoms with van der Waals surface area (Å²) in [5.74, 6) is -3.48. The molecule has 3 amide bonds. The van der Waals surface area contributed by atoms with Gasteiger partial charge in [0.2, 0.25) is 11.8 Å². The number of nitrogens with zero attached hydrogens (tertiary/aromatic N) is 2. The first-order chi connectivity index (χ1) is 25.0. The topological polar surface area (TPSA) is 144 Å². The molecular formula is C39H46BrN3O9. The molecule has 52 heavy (non-hydrogen) atoms. The van der Waals surface area contributed by atoms with Crippen LogP contribution in [0, 0.1) is 17.8 Å². The lowest BCUT2D eigenvalue weighted by molar-refractivity contribution is -0.162. The number of likely N-dealkylation sites (tertiary alicyclic amines) is 1. The number of benzene rings is 2. The molecule has 6 rings (SSSR count). The van der Waals surface area contributed by atoms with Crippen LogP contribution in [0.1, 0.15) is 44.8 Å². The Morgan fingerprint density at radius 1 is 1.00 bits per heavy atom. The molecule has 2 aromatic carbocycles. The highest BCUT2D eigenvalue weighted by atomic mass is 79.9. The molecule has 2 N–H and O–H groups in total. The molecule has 4 heterocycles. The minimum Gasteiger partial charge on any atom is -0.497 e. The number of amides is 3. The number of carbonyl (C=O) groups is 4. The highest BCUT2D eigenvalue weighted by Crippen LogP contribution is 2.59. The van der Waals surface area contributed by atoms with Crippen LogP contribution in [-0.4, -0.2) is 97.5 Å². The molecule has 5 bridgehead atoms. The van der Waals surface area contributed by atoms with Crippen LogP contribution in [0.2, 0.25) is 0 Å². The smallest absolute Gasteiger partial charge is 0.313 e. The van der Waals surface area contributed by atoms with E-state index in [1.165, 1.54) is 12.0 Å². The third-order valence-corrected chi connectivity index (χ3v) is 11.0. The van der Waals surface area contributed by atoms with E-state index in [1.54, 1.807) is 54.5 Å². The van der Waals surface area contributed by atoms with E-state index in [4.69, 9.17) is 18.9 Å². The van der Waals surface area contributed by atoms with Crippen molar-refractivity contribution in [3.63, 3.8) is 0 Å². The van der Waals surface area contributed by atoms with Crippen LogP contribution < -0.4 is 15.0 Å². The van der Waals surface area contributed by atoms with Crippen molar-refractivity contribution in [2.24, 2.45) is 17.8 Å². The number of esters is 1.